The summed E-state index contributed by atoms with van der Waals surface area (Å²) in [5, 5.41) is 0. The van der Waals surface area contributed by atoms with E-state index >= 15 is 0 Å². The van der Waals surface area contributed by atoms with Crippen molar-refractivity contribution in [1.82, 2.24) is 10.4 Å². The number of hydrogen-bond acceptors (Lipinski definition) is 4. The summed E-state index contributed by atoms with van der Waals surface area (Å²) in [6.45, 7) is 13.1. The summed E-state index contributed by atoms with van der Waals surface area (Å²) in [4.78, 5) is 19.5. The van der Waals surface area contributed by atoms with E-state index in [1.54, 1.807) is 4.90 Å². The number of nitrogens with zero attached hydrogens (tertiary/aromatic N) is 1. The van der Waals surface area contributed by atoms with Crippen LogP contribution in [0.25, 0.3) is 0 Å². The van der Waals surface area contributed by atoms with Gasteiger partial charge in [0, 0.05) is 18.6 Å². The molecule has 0 saturated carbocycles. The topological polar surface area (TPSA) is 50.8 Å². The second-order valence-electron chi connectivity index (χ2n) is 7.47. The Bertz CT molecular complexity index is 475. The smallest absolute Gasteiger partial charge is 0.410 e. The summed E-state index contributed by atoms with van der Waals surface area (Å²) < 4.78 is 5.47. The number of hydrogen-bond donors (Lipinski definition) is 1. The Labute approximate surface area is 139 Å². The summed E-state index contributed by atoms with van der Waals surface area (Å²) in [5.74, 6) is 0. The van der Waals surface area contributed by atoms with Crippen molar-refractivity contribution in [2.75, 3.05) is 13.1 Å². The van der Waals surface area contributed by atoms with E-state index in [1.165, 1.54) is 0 Å². The monoisotopic (exact) mass is 322 g/mol. The number of hydroxylamine groups is 1. The molecule has 0 aliphatic carbocycles. The first kappa shape index (κ1) is 19.5. The fourth-order valence-electron chi connectivity index (χ4n) is 1.96. The highest BCUT2D eigenvalue weighted by Crippen LogP contribution is 2.17. The number of amides is 1. The standard InChI is InChI=1S/C18H30N2O3/c1-17(2,3)20(16(21)23-18(4,5)6)13-12-19-22-14-15-10-8-7-9-11-15/h7-11,19H,12-14H2,1-6H3. The third kappa shape index (κ3) is 8.00. The molecule has 5 heteroatoms. The molecular formula is C18H30N2O3. The Balaban J connectivity index is 2.41. The van der Waals surface area contributed by atoms with Crippen LogP contribution in [0.4, 0.5) is 4.79 Å². The van der Waals surface area contributed by atoms with E-state index < -0.39 is 5.60 Å². The summed E-state index contributed by atoms with van der Waals surface area (Å²) in [5.41, 5.74) is 3.18. The zero-order valence-electron chi connectivity index (χ0n) is 15.2. The van der Waals surface area contributed by atoms with Crippen LogP contribution in [0.5, 0.6) is 0 Å². The van der Waals surface area contributed by atoms with Crippen molar-refractivity contribution >= 4 is 6.09 Å². The van der Waals surface area contributed by atoms with Crippen molar-refractivity contribution < 1.29 is 14.4 Å². The first-order valence-corrected chi connectivity index (χ1v) is 7.99. The molecule has 0 radical (unpaired) electrons. The molecule has 0 heterocycles. The summed E-state index contributed by atoms with van der Waals surface area (Å²) in [6, 6.07) is 9.93. The van der Waals surface area contributed by atoms with Crippen LogP contribution < -0.4 is 5.48 Å². The zero-order valence-corrected chi connectivity index (χ0v) is 15.2. The van der Waals surface area contributed by atoms with Crippen molar-refractivity contribution in [2.45, 2.75) is 59.3 Å². The van der Waals surface area contributed by atoms with E-state index in [1.807, 2.05) is 71.9 Å². The van der Waals surface area contributed by atoms with Gasteiger partial charge in [-0.1, -0.05) is 30.3 Å². The Kier molecular flexibility index (Phi) is 7.03. The van der Waals surface area contributed by atoms with Gasteiger partial charge < -0.3 is 9.64 Å². The van der Waals surface area contributed by atoms with Gasteiger partial charge in [0.15, 0.2) is 0 Å². The highest BCUT2D eigenvalue weighted by molar-refractivity contribution is 5.69. The molecule has 1 N–H and O–H groups in total. The number of benzene rings is 1. The van der Waals surface area contributed by atoms with Crippen LogP contribution in [0.1, 0.15) is 47.1 Å². The second kappa shape index (κ2) is 8.31. The molecule has 0 fully saturated rings. The molecule has 0 spiro atoms. The van der Waals surface area contributed by atoms with E-state index in [0.29, 0.717) is 19.7 Å². The van der Waals surface area contributed by atoms with Crippen molar-refractivity contribution in [2.24, 2.45) is 0 Å². The molecule has 5 nitrogen and oxygen atoms in total. The quantitative estimate of drug-likeness (QED) is 0.640. The van der Waals surface area contributed by atoms with E-state index in [4.69, 9.17) is 9.57 Å². The SMILES string of the molecule is CC(C)(C)OC(=O)N(CCNOCc1ccccc1)C(C)(C)C. The Morgan fingerprint density at radius 3 is 2.22 bits per heavy atom. The molecule has 130 valence electrons. The third-order valence-electron chi connectivity index (χ3n) is 3.04. The molecule has 1 aromatic carbocycles. The van der Waals surface area contributed by atoms with Crippen molar-refractivity contribution in [3.05, 3.63) is 35.9 Å². The number of nitrogens with one attached hydrogen (secondary N) is 1. The molecule has 1 amide bonds. The third-order valence-corrected chi connectivity index (χ3v) is 3.04. The summed E-state index contributed by atoms with van der Waals surface area (Å²) in [6.07, 6.45) is -0.310. The van der Waals surface area contributed by atoms with Gasteiger partial charge >= 0.3 is 6.09 Å². The average Bonchev–Trinajstić information content (AvgIpc) is 2.40. The van der Waals surface area contributed by atoms with Gasteiger partial charge in [-0.05, 0) is 47.1 Å². The van der Waals surface area contributed by atoms with Gasteiger partial charge in [-0.15, -0.1) is 0 Å². The van der Waals surface area contributed by atoms with Gasteiger partial charge in [-0.2, -0.15) is 0 Å². The second-order valence-corrected chi connectivity index (χ2v) is 7.47. The first-order valence-electron chi connectivity index (χ1n) is 7.99. The van der Waals surface area contributed by atoms with Crippen LogP contribution in [-0.2, 0) is 16.2 Å². The Morgan fingerprint density at radius 2 is 1.70 bits per heavy atom. The number of carbonyl (C=O) groups excluding carboxylic acids is 1. The van der Waals surface area contributed by atoms with Gasteiger partial charge in [0.25, 0.3) is 0 Å². The largest absolute Gasteiger partial charge is 0.444 e. The van der Waals surface area contributed by atoms with Crippen LogP contribution in [0, 0.1) is 0 Å². The molecule has 0 aromatic heterocycles. The lowest BCUT2D eigenvalue weighted by Crippen LogP contribution is -2.50. The minimum atomic E-state index is -0.502. The van der Waals surface area contributed by atoms with Crippen LogP contribution in [0.2, 0.25) is 0 Å². The lowest BCUT2D eigenvalue weighted by atomic mass is 10.1. The first-order chi connectivity index (χ1) is 10.6. The maximum atomic E-state index is 12.3. The predicted molar refractivity (Wildman–Crippen MR) is 91.9 cm³/mol. The molecule has 0 aliphatic rings. The molecule has 0 atom stereocenters. The molecular weight excluding hydrogens is 292 g/mol. The number of ether oxygens (including phenoxy) is 1. The van der Waals surface area contributed by atoms with Crippen LogP contribution in [0.15, 0.2) is 30.3 Å². The highest BCUT2D eigenvalue weighted by Gasteiger charge is 2.30. The van der Waals surface area contributed by atoms with E-state index in [0.717, 1.165) is 5.56 Å². The lowest BCUT2D eigenvalue weighted by molar-refractivity contribution is -0.00652. The van der Waals surface area contributed by atoms with E-state index in [2.05, 4.69) is 5.48 Å². The van der Waals surface area contributed by atoms with Gasteiger partial charge in [-0.25, -0.2) is 10.3 Å². The van der Waals surface area contributed by atoms with Gasteiger partial charge in [0.05, 0.1) is 6.61 Å². The molecule has 0 aliphatic heterocycles. The van der Waals surface area contributed by atoms with Crippen LogP contribution in [0.3, 0.4) is 0 Å². The summed E-state index contributed by atoms with van der Waals surface area (Å²) in [7, 11) is 0. The maximum absolute atomic E-state index is 12.3. The normalized spacial score (nSPS) is 12.1. The highest BCUT2D eigenvalue weighted by atomic mass is 16.6. The minimum absolute atomic E-state index is 0.310. The van der Waals surface area contributed by atoms with Gasteiger partial charge in [-0.3, -0.25) is 4.84 Å². The molecule has 23 heavy (non-hydrogen) atoms. The fourth-order valence-corrected chi connectivity index (χ4v) is 1.96. The number of carbonyl (C=O) groups is 1. The lowest BCUT2D eigenvalue weighted by Gasteiger charge is -2.36. The minimum Gasteiger partial charge on any atom is -0.444 e. The van der Waals surface area contributed by atoms with Crippen LogP contribution >= 0.6 is 0 Å². The van der Waals surface area contributed by atoms with Gasteiger partial charge in [0.2, 0.25) is 0 Å². The molecule has 0 bridgehead atoms. The predicted octanol–water partition coefficient (Wildman–Crippen LogP) is 3.74. The van der Waals surface area contributed by atoms with Crippen molar-refractivity contribution in [3.63, 3.8) is 0 Å². The van der Waals surface area contributed by atoms with Crippen molar-refractivity contribution in [3.8, 4) is 0 Å². The maximum Gasteiger partial charge on any atom is 0.410 e. The van der Waals surface area contributed by atoms with E-state index in [9.17, 15) is 4.79 Å². The fraction of sp³-hybridized carbons (Fsp3) is 0.611. The van der Waals surface area contributed by atoms with E-state index in [-0.39, 0.29) is 11.6 Å². The molecule has 1 rings (SSSR count). The Morgan fingerprint density at radius 1 is 1.09 bits per heavy atom. The van der Waals surface area contributed by atoms with Crippen molar-refractivity contribution in [1.29, 1.82) is 0 Å². The summed E-state index contributed by atoms with van der Waals surface area (Å²) >= 11 is 0. The molecule has 1 aromatic rings. The zero-order chi connectivity index (χ0) is 17.5. The van der Waals surface area contributed by atoms with Crippen LogP contribution in [-0.4, -0.2) is 35.2 Å². The van der Waals surface area contributed by atoms with Gasteiger partial charge in [0.1, 0.15) is 5.60 Å². The molecule has 0 saturated heterocycles. The average molecular weight is 322 g/mol. The molecule has 0 unspecified atom stereocenters. The Hall–Kier alpha value is -1.59. The number of rotatable bonds is 6.